The number of sulfonamides is 1. The molecule has 2 unspecified atom stereocenters. The molecular weight excluding hydrogens is 276 g/mol. The van der Waals surface area contributed by atoms with E-state index < -0.39 is 10.0 Å². The van der Waals surface area contributed by atoms with Gasteiger partial charge in [-0.3, -0.25) is 0 Å². The molecule has 0 spiro atoms. The molecule has 1 aromatic carbocycles. The summed E-state index contributed by atoms with van der Waals surface area (Å²) in [6, 6.07) is 6.69. The molecule has 5 nitrogen and oxygen atoms in total. The highest BCUT2D eigenvalue weighted by Crippen LogP contribution is 2.18. The highest BCUT2D eigenvalue weighted by atomic mass is 32.2. The molecule has 1 saturated heterocycles. The minimum Gasteiger partial charge on any atom is -0.385 e. The second-order valence-corrected chi connectivity index (χ2v) is 6.76. The van der Waals surface area contributed by atoms with Gasteiger partial charge in [-0.05, 0) is 44.0 Å². The van der Waals surface area contributed by atoms with Gasteiger partial charge in [0.25, 0.3) is 0 Å². The van der Waals surface area contributed by atoms with Crippen molar-refractivity contribution in [2.24, 2.45) is 0 Å². The van der Waals surface area contributed by atoms with E-state index in [9.17, 15) is 8.42 Å². The lowest BCUT2D eigenvalue weighted by Gasteiger charge is -2.16. The summed E-state index contributed by atoms with van der Waals surface area (Å²) in [5.74, 6) is 0. The molecule has 1 aromatic rings. The van der Waals surface area contributed by atoms with Gasteiger partial charge in [0.15, 0.2) is 0 Å². The maximum absolute atomic E-state index is 12.3. The van der Waals surface area contributed by atoms with Crippen molar-refractivity contribution in [2.75, 3.05) is 18.5 Å². The fraction of sp³-hybridized carbons (Fsp3) is 0.571. The maximum Gasteiger partial charge on any atom is 0.240 e. The van der Waals surface area contributed by atoms with Crippen LogP contribution in [0.2, 0.25) is 0 Å². The predicted molar refractivity (Wildman–Crippen MR) is 79.4 cm³/mol. The first-order valence-electron chi connectivity index (χ1n) is 7.01. The third-order valence-corrected chi connectivity index (χ3v) is 4.93. The van der Waals surface area contributed by atoms with E-state index in [1.54, 1.807) is 24.3 Å². The zero-order valence-electron chi connectivity index (χ0n) is 11.9. The smallest absolute Gasteiger partial charge is 0.240 e. The Hall–Kier alpha value is -1.11. The van der Waals surface area contributed by atoms with Crippen molar-refractivity contribution in [3.63, 3.8) is 0 Å². The lowest BCUT2D eigenvalue weighted by molar-refractivity contribution is 0.117. The number of nitrogens with one attached hydrogen (secondary N) is 2. The highest BCUT2D eigenvalue weighted by molar-refractivity contribution is 7.89. The number of rotatable bonds is 6. The third kappa shape index (κ3) is 3.71. The molecule has 6 heteroatoms. The molecule has 1 fully saturated rings. The molecule has 2 rings (SSSR count). The van der Waals surface area contributed by atoms with Crippen molar-refractivity contribution in [1.29, 1.82) is 0 Å². The van der Waals surface area contributed by atoms with Crippen molar-refractivity contribution in [3.8, 4) is 0 Å². The SMILES string of the molecule is CCCNc1ccc(S(=O)(=O)NC2CCOC2C)cc1. The van der Waals surface area contributed by atoms with Crippen LogP contribution >= 0.6 is 0 Å². The second kappa shape index (κ2) is 6.56. The standard InChI is InChI=1S/C14H22N2O3S/c1-3-9-15-12-4-6-13(7-5-12)20(17,18)16-14-8-10-19-11(14)2/h4-7,11,14-16H,3,8-10H2,1-2H3. The van der Waals surface area contributed by atoms with E-state index in [4.69, 9.17) is 4.74 Å². The zero-order chi connectivity index (χ0) is 14.6. The van der Waals surface area contributed by atoms with Gasteiger partial charge in [-0.2, -0.15) is 0 Å². The lowest BCUT2D eigenvalue weighted by Crippen LogP contribution is -2.39. The summed E-state index contributed by atoms with van der Waals surface area (Å²) in [4.78, 5) is 0.290. The summed E-state index contributed by atoms with van der Waals surface area (Å²) in [6.07, 6.45) is 1.67. The van der Waals surface area contributed by atoms with E-state index >= 15 is 0 Å². The van der Waals surface area contributed by atoms with Crippen LogP contribution in [0.25, 0.3) is 0 Å². The van der Waals surface area contributed by atoms with Crippen LogP contribution in [0.1, 0.15) is 26.7 Å². The quantitative estimate of drug-likeness (QED) is 0.842. The number of ether oxygens (including phenoxy) is 1. The van der Waals surface area contributed by atoms with E-state index in [0.29, 0.717) is 11.5 Å². The van der Waals surface area contributed by atoms with Crippen molar-refractivity contribution in [3.05, 3.63) is 24.3 Å². The Morgan fingerprint density at radius 1 is 1.30 bits per heavy atom. The third-order valence-electron chi connectivity index (χ3n) is 3.43. The minimum absolute atomic E-state index is 0.0738. The maximum atomic E-state index is 12.3. The average molecular weight is 298 g/mol. The summed E-state index contributed by atoms with van der Waals surface area (Å²) in [5, 5.41) is 3.22. The second-order valence-electron chi connectivity index (χ2n) is 5.04. The van der Waals surface area contributed by atoms with Gasteiger partial charge < -0.3 is 10.1 Å². The van der Waals surface area contributed by atoms with Crippen molar-refractivity contribution in [1.82, 2.24) is 4.72 Å². The summed E-state index contributed by atoms with van der Waals surface area (Å²) in [5.41, 5.74) is 0.934. The number of anilines is 1. The van der Waals surface area contributed by atoms with Crippen molar-refractivity contribution < 1.29 is 13.2 Å². The fourth-order valence-corrected chi connectivity index (χ4v) is 3.51. The van der Waals surface area contributed by atoms with Gasteiger partial charge in [0.1, 0.15) is 0 Å². The summed E-state index contributed by atoms with van der Waals surface area (Å²) in [6.45, 7) is 5.45. The molecule has 0 aliphatic carbocycles. The van der Waals surface area contributed by atoms with Gasteiger partial charge in [-0.15, -0.1) is 0 Å². The van der Waals surface area contributed by atoms with Crippen LogP contribution in [-0.2, 0) is 14.8 Å². The molecule has 2 atom stereocenters. The van der Waals surface area contributed by atoms with Crippen LogP contribution in [0.5, 0.6) is 0 Å². The van der Waals surface area contributed by atoms with Gasteiger partial charge in [-0.1, -0.05) is 6.92 Å². The van der Waals surface area contributed by atoms with E-state index in [-0.39, 0.29) is 12.1 Å². The topological polar surface area (TPSA) is 67.4 Å². The van der Waals surface area contributed by atoms with Crippen molar-refractivity contribution >= 4 is 15.7 Å². The molecule has 1 aliphatic heterocycles. The van der Waals surface area contributed by atoms with E-state index in [1.807, 2.05) is 6.92 Å². The Kier molecular flexibility index (Phi) is 5.01. The minimum atomic E-state index is -3.47. The molecule has 0 bridgehead atoms. The van der Waals surface area contributed by atoms with E-state index in [0.717, 1.165) is 25.1 Å². The van der Waals surface area contributed by atoms with E-state index in [1.165, 1.54) is 0 Å². The van der Waals surface area contributed by atoms with Crippen LogP contribution in [0.4, 0.5) is 5.69 Å². The first kappa shape index (κ1) is 15.3. The molecule has 2 N–H and O–H groups in total. The summed E-state index contributed by atoms with van der Waals surface area (Å²) < 4.78 is 32.6. The summed E-state index contributed by atoms with van der Waals surface area (Å²) in [7, 11) is -3.47. The molecule has 1 aliphatic rings. The Morgan fingerprint density at radius 3 is 2.55 bits per heavy atom. The summed E-state index contributed by atoms with van der Waals surface area (Å²) >= 11 is 0. The lowest BCUT2D eigenvalue weighted by atomic mass is 10.2. The Balaban J connectivity index is 2.05. The van der Waals surface area contributed by atoms with Crippen LogP contribution in [0, 0.1) is 0 Å². The largest absolute Gasteiger partial charge is 0.385 e. The molecule has 1 heterocycles. The van der Waals surface area contributed by atoms with Gasteiger partial charge in [0, 0.05) is 18.8 Å². The molecular formula is C14H22N2O3S. The van der Waals surface area contributed by atoms with Gasteiger partial charge in [-0.25, -0.2) is 13.1 Å². The van der Waals surface area contributed by atoms with Crippen LogP contribution < -0.4 is 10.0 Å². The van der Waals surface area contributed by atoms with Gasteiger partial charge in [0.2, 0.25) is 10.0 Å². The molecule has 0 saturated carbocycles. The molecule has 20 heavy (non-hydrogen) atoms. The average Bonchev–Trinajstić information content (AvgIpc) is 2.82. The number of benzene rings is 1. The Labute approximate surface area is 120 Å². The fourth-order valence-electron chi connectivity index (χ4n) is 2.18. The van der Waals surface area contributed by atoms with E-state index in [2.05, 4.69) is 17.0 Å². The molecule has 0 radical (unpaired) electrons. The van der Waals surface area contributed by atoms with Crippen LogP contribution in [0.3, 0.4) is 0 Å². The first-order chi connectivity index (χ1) is 9.53. The molecule has 0 amide bonds. The zero-order valence-corrected chi connectivity index (χ0v) is 12.7. The van der Waals surface area contributed by atoms with Crippen LogP contribution in [-0.4, -0.2) is 33.7 Å². The molecule has 112 valence electrons. The predicted octanol–water partition coefficient (Wildman–Crippen LogP) is 1.96. The van der Waals surface area contributed by atoms with Gasteiger partial charge >= 0.3 is 0 Å². The van der Waals surface area contributed by atoms with Gasteiger partial charge in [0.05, 0.1) is 17.0 Å². The van der Waals surface area contributed by atoms with Crippen LogP contribution in [0.15, 0.2) is 29.2 Å². The Morgan fingerprint density at radius 2 is 2.00 bits per heavy atom. The number of hydrogen-bond acceptors (Lipinski definition) is 4. The van der Waals surface area contributed by atoms with Crippen molar-refractivity contribution in [2.45, 2.75) is 43.7 Å². The molecule has 0 aromatic heterocycles. The highest BCUT2D eigenvalue weighted by Gasteiger charge is 2.29. The number of hydrogen-bond donors (Lipinski definition) is 2. The monoisotopic (exact) mass is 298 g/mol. The first-order valence-corrected chi connectivity index (χ1v) is 8.49. The normalized spacial score (nSPS) is 22.9. The Bertz CT molecular complexity index is 528.